The van der Waals surface area contributed by atoms with E-state index < -0.39 is 0 Å². The van der Waals surface area contributed by atoms with Gasteiger partial charge >= 0.3 is 0 Å². The quantitative estimate of drug-likeness (QED) is 0.743. The molecule has 1 heterocycles. The largest absolute Gasteiger partial charge is 0.274 e. The van der Waals surface area contributed by atoms with Crippen molar-refractivity contribution in [1.29, 1.82) is 5.26 Å². The molecule has 0 saturated heterocycles. The summed E-state index contributed by atoms with van der Waals surface area (Å²) in [5.74, 6) is 0. The maximum absolute atomic E-state index is 8.81. The normalized spacial score (nSPS) is 9.87. The van der Waals surface area contributed by atoms with E-state index in [9.17, 15) is 0 Å². The molecule has 4 nitrogen and oxygen atoms in total. The molecule has 2 aromatic rings. The van der Waals surface area contributed by atoms with E-state index in [0.29, 0.717) is 10.3 Å². The van der Waals surface area contributed by atoms with Crippen LogP contribution in [0.2, 0.25) is 0 Å². The molecule has 2 rings (SSSR count). The highest BCUT2D eigenvalue weighted by Crippen LogP contribution is 2.15. The Morgan fingerprint density at radius 2 is 2.33 bits per heavy atom. The van der Waals surface area contributed by atoms with Crippen LogP contribution < -0.4 is 0 Å². The Balaban J connectivity index is 2.68. The molecule has 0 fully saturated rings. The lowest BCUT2D eigenvalue weighted by Crippen LogP contribution is -1.96. The second-order valence-electron chi connectivity index (χ2n) is 3.14. The number of nitrogens with zero attached hydrogens (tertiary/aromatic N) is 3. The van der Waals surface area contributed by atoms with Gasteiger partial charge in [0.05, 0.1) is 17.3 Å². The number of hydrogen-bond donors (Lipinski definition) is 1. The third kappa shape index (κ3) is 1.67. The molecular formula is C10H8N4S. The van der Waals surface area contributed by atoms with Crippen LogP contribution in [0.5, 0.6) is 0 Å². The molecule has 1 aromatic carbocycles. The zero-order valence-electron chi connectivity index (χ0n) is 8.06. The number of aromatic nitrogens is 3. The minimum atomic E-state index is 0.521. The van der Waals surface area contributed by atoms with Crippen molar-refractivity contribution in [2.75, 3.05) is 0 Å². The third-order valence-electron chi connectivity index (χ3n) is 2.15. The zero-order valence-corrected chi connectivity index (χ0v) is 8.88. The SMILES string of the molecule is Cc1ccc(C#N)cc1-n1cn[nH]c1=S. The maximum atomic E-state index is 8.81. The van der Waals surface area contributed by atoms with Crippen LogP contribution in [-0.2, 0) is 0 Å². The van der Waals surface area contributed by atoms with E-state index in [1.165, 1.54) is 0 Å². The second-order valence-corrected chi connectivity index (χ2v) is 3.53. The van der Waals surface area contributed by atoms with E-state index in [4.69, 9.17) is 17.5 Å². The van der Waals surface area contributed by atoms with Crippen LogP contribution in [-0.4, -0.2) is 14.8 Å². The van der Waals surface area contributed by atoms with Crippen LogP contribution in [0.4, 0.5) is 0 Å². The van der Waals surface area contributed by atoms with Crippen molar-refractivity contribution >= 4 is 12.2 Å². The lowest BCUT2D eigenvalue weighted by molar-refractivity contribution is 1.02. The first kappa shape index (κ1) is 9.62. The van der Waals surface area contributed by atoms with Gasteiger partial charge in [-0.3, -0.25) is 9.67 Å². The predicted octanol–water partition coefficient (Wildman–Crippen LogP) is 2.11. The molecule has 0 atom stereocenters. The van der Waals surface area contributed by atoms with Crippen LogP contribution in [0.15, 0.2) is 24.5 Å². The van der Waals surface area contributed by atoms with Crippen LogP contribution in [0.1, 0.15) is 11.1 Å². The molecule has 0 spiro atoms. The molecule has 1 N–H and O–H groups in total. The molecule has 0 aliphatic heterocycles. The highest BCUT2D eigenvalue weighted by atomic mass is 32.1. The van der Waals surface area contributed by atoms with Crippen LogP contribution >= 0.6 is 12.2 Å². The standard InChI is InChI=1S/C10H8N4S/c1-7-2-3-8(5-11)4-9(7)14-6-12-13-10(14)15/h2-4,6H,1H3,(H,13,15). The first-order valence-electron chi connectivity index (χ1n) is 4.35. The molecule has 15 heavy (non-hydrogen) atoms. The Labute approximate surface area is 91.8 Å². The van der Waals surface area contributed by atoms with Crippen molar-refractivity contribution < 1.29 is 0 Å². The van der Waals surface area contributed by atoms with Gasteiger partial charge in [0.15, 0.2) is 4.77 Å². The van der Waals surface area contributed by atoms with Crippen LogP contribution in [0.3, 0.4) is 0 Å². The van der Waals surface area contributed by atoms with E-state index >= 15 is 0 Å². The fourth-order valence-electron chi connectivity index (χ4n) is 1.36. The summed E-state index contributed by atoms with van der Waals surface area (Å²) in [4.78, 5) is 0. The Morgan fingerprint density at radius 1 is 1.53 bits per heavy atom. The van der Waals surface area contributed by atoms with Gasteiger partial charge < -0.3 is 0 Å². The summed E-state index contributed by atoms with van der Waals surface area (Å²) in [6.07, 6.45) is 1.60. The smallest absolute Gasteiger partial charge is 0.199 e. The molecule has 1 aromatic heterocycles. The number of benzene rings is 1. The molecule has 0 bridgehead atoms. The van der Waals surface area contributed by atoms with E-state index in [1.807, 2.05) is 13.0 Å². The minimum Gasteiger partial charge on any atom is -0.274 e. The van der Waals surface area contributed by atoms with Crippen molar-refractivity contribution in [2.45, 2.75) is 6.92 Å². The van der Waals surface area contributed by atoms with Gasteiger partial charge in [-0.15, -0.1) is 0 Å². The topological polar surface area (TPSA) is 57.4 Å². The molecular weight excluding hydrogens is 208 g/mol. The average Bonchev–Trinajstić information content (AvgIpc) is 2.65. The van der Waals surface area contributed by atoms with E-state index in [0.717, 1.165) is 11.3 Å². The first-order valence-corrected chi connectivity index (χ1v) is 4.76. The fraction of sp³-hybridized carbons (Fsp3) is 0.100. The monoisotopic (exact) mass is 216 g/mol. The number of aromatic amines is 1. The summed E-state index contributed by atoms with van der Waals surface area (Å²) in [5.41, 5.74) is 2.54. The van der Waals surface area contributed by atoms with Gasteiger partial charge in [-0.1, -0.05) is 6.07 Å². The summed E-state index contributed by atoms with van der Waals surface area (Å²) >= 11 is 5.07. The lowest BCUT2D eigenvalue weighted by Gasteiger charge is -2.05. The second kappa shape index (κ2) is 3.67. The van der Waals surface area contributed by atoms with Crippen molar-refractivity contribution in [3.05, 3.63) is 40.4 Å². The molecule has 0 amide bonds. The van der Waals surface area contributed by atoms with Crippen molar-refractivity contribution in [3.63, 3.8) is 0 Å². The van der Waals surface area contributed by atoms with Crippen molar-refractivity contribution in [1.82, 2.24) is 14.8 Å². The molecule has 0 saturated carbocycles. The number of nitriles is 1. The lowest BCUT2D eigenvalue weighted by atomic mass is 10.1. The minimum absolute atomic E-state index is 0.521. The average molecular weight is 216 g/mol. The summed E-state index contributed by atoms with van der Waals surface area (Å²) in [6, 6.07) is 7.56. The van der Waals surface area contributed by atoms with Crippen LogP contribution in [0.25, 0.3) is 5.69 Å². The Bertz CT molecular complexity index is 588. The Morgan fingerprint density at radius 3 is 2.93 bits per heavy atom. The predicted molar refractivity (Wildman–Crippen MR) is 58.2 cm³/mol. The van der Waals surface area contributed by atoms with Gasteiger partial charge in [-0.2, -0.15) is 10.4 Å². The summed E-state index contributed by atoms with van der Waals surface area (Å²) in [5, 5.41) is 15.3. The highest BCUT2D eigenvalue weighted by molar-refractivity contribution is 7.71. The van der Waals surface area contributed by atoms with Gasteiger partial charge in [0.1, 0.15) is 6.33 Å². The van der Waals surface area contributed by atoms with E-state index in [-0.39, 0.29) is 0 Å². The van der Waals surface area contributed by atoms with Crippen molar-refractivity contribution in [2.24, 2.45) is 0 Å². The third-order valence-corrected chi connectivity index (χ3v) is 2.44. The van der Waals surface area contributed by atoms with Gasteiger partial charge in [0, 0.05) is 0 Å². The van der Waals surface area contributed by atoms with Crippen LogP contribution in [0, 0.1) is 23.0 Å². The van der Waals surface area contributed by atoms with Crippen molar-refractivity contribution in [3.8, 4) is 11.8 Å². The zero-order chi connectivity index (χ0) is 10.8. The fourth-order valence-corrected chi connectivity index (χ4v) is 1.56. The van der Waals surface area contributed by atoms with E-state index in [1.54, 1.807) is 23.0 Å². The Kier molecular flexibility index (Phi) is 2.35. The van der Waals surface area contributed by atoms with Gasteiger partial charge in [-0.25, -0.2) is 0 Å². The summed E-state index contributed by atoms with van der Waals surface area (Å²) < 4.78 is 2.26. The van der Waals surface area contributed by atoms with Gasteiger partial charge in [-0.05, 0) is 36.8 Å². The first-order chi connectivity index (χ1) is 7.22. The summed E-state index contributed by atoms with van der Waals surface area (Å²) in [7, 11) is 0. The molecule has 0 unspecified atom stereocenters. The van der Waals surface area contributed by atoms with Gasteiger partial charge in [0.2, 0.25) is 0 Å². The maximum Gasteiger partial charge on any atom is 0.199 e. The molecule has 0 aliphatic carbocycles. The van der Waals surface area contributed by atoms with Gasteiger partial charge in [0.25, 0.3) is 0 Å². The number of H-pyrrole nitrogens is 1. The number of hydrogen-bond acceptors (Lipinski definition) is 3. The molecule has 5 heteroatoms. The number of rotatable bonds is 1. The highest BCUT2D eigenvalue weighted by Gasteiger charge is 2.03. The number of aryl methyl sites for hydroxylation is 1. The van der Waals surface area contributed by atoms with E-state index in [2.05, 4.69) is 16.3 Å². The molecule has 0 aliphatic rings. The molecule has 74 valence electrons. The Hall–Kier alpha value is -1.93. The number of nitrogens with one attached hydrogen (secondary N) is 1. The summed E-state index contributed by atoms with van der Waals surface area (Å²) in [6.45, 7) is 1.96. The molecule has 0 radical (unpaired) electrons.